The molecule has 0 aliphatic carbocycles. The van der Waals surface area contributed by atoms with Crippen molar-refractivity contribution in [2.45, 2.75) is 58.2 Å². The van der Waals surface area contributed by atoms with Gasteiger partial charge in [-0.2, -0.15) is 0 Å². The number of phenols is 1. The molecule has 3 nitrogen and oxygen atoms in total. The first kappa shape index (κ1) is 14.2. The van der Waals surface area contributed by atoms with Crippen molar-refractivity contribution in [3.63, 3.8) is 0 Å². The maximum Gasteiger partial charge on any atom is 0.124 e. The molecule has 3 heteroatoms. The molecule has 2 rings (SSSR count). The number of hydrogen-bond acceptors (Lipinski definition) is 3. The first-order valence-corrected chi connectivity index (χ1v) is 7.19. The van der Waals surface area contributed by atoms with E-state index in [0.29, 0.717) is 23.6 Å². The Morgan fingerprint density at radius 3 is 2.42 bits per heavy atom. The molecule has 0 spiro atoms. The SMILES string of the molecule is COc1ccc(C(C)N2[C@H](C)CCC[C@@H]2C)c(O)c1. The zero-order valence-corrected chi connectivity index (χ0v) is 12.4. The molecule has 1 N–H and O–H groups in total. The van der Waals surface area contributed by atoms with Crippen LogP contribution in [0.2, 0.25) is 0 Å². The second-order valence-corrected chi connectivity index (χ2v) is 5.68. The van der Waals surface area contributed by atoms with Gasteiger partial charge < -0.3 is 9.84 Å². The standard InChI is InChI=1S/C16H25NO2/c1-11-6-5-7-12(2)17(11)13(3)15-9-8-14(19-4)10-16(15)18/h8-13,18H,5-7H2,1-4H3/t11-,12+,13?. The fourth-order valence-corrected chi connectivity index (χ4v) is 3.37. The zero-order chi connectivity index (χ0) is 14.0. The molecule has 3 atom stereocenters. The van der Waals surface area contributed by atoms with E-state index < -0.39 is 0 Å². The Labute approximate surface area is 116 Å². The van der Waals surface area contributed by atoms with Crippen LogP contribution in [0.4, 0.5) is 0 Å². The maximum atomic E-state index is 10.2. The van der Waals surface area contributed by atoms with Gasteiger partial charge in [0.25, 0.3) is 0 Å². The van der Waals surface area contributed by atoms with Crippen molar-refractivity contribution in [1.82, 2.24) is 4.90 Å². The van der Waals surface area contributed by atoms with Crippen LogP contribution < -0.4 is 4.74 Å². The van der Waals surface area contributed by atoms with Crippen molar-refractivity contribution in [2.75, 3.05) is 7.11 Å². The van der Waals surface area contributed by atoms with E-state index in [4.69, 9.17) is 4.74 Å². The molecule has 1 aromatic rings. The number of piperidine rings is 1. The number of rotatable bonds is 3. The smallest absolute Gasteiger partial charge is 0.124 e. The molecule has 1 aliphatic heterocycles. The van der Waals surface area contributed by atoms with Gasteiger partial charge in [0.2, 0.25) is 0 Å². The van der Waals surface area contributed by atoms with Gasteiger partial charge in [-0.25, -0.2) is 0 Å². The topological polar surface area (TPSA) is 32.7 Å². The van der Waals surface area contributed by atoms with E-state index in [-0.39, 0.29) is 6.04 Å². The molecule has 19 heavy (non-hydrogen) atoms. The average Bonchev–Trinajstić information content (AvgIpc) is 2.38. The Bertz CT molecular complexity index is 423. The molecule has 1 aliphatic rings. The summed E-state index contributed by atoms with van der Waals surface area (Å²) in [5, 5.41) is 10.2. The Morgan fingerprint density at radius 1 is 1.26 bits per heavy atom. The van der Waals surface area contributed by atoms with Gasteiger partial charge in [0, 0.05) is 29.8 Å². The second kappa shape index (κ2) is 5.83. The minimum Gasteiger partial charge on any atom is -0.507 e. The van der Waals surface area contributed by atoms with Crippen molar-refractivity contribution >= 4 is 0 Å². The van der Waals surface area contributed by atoms with Crippen LogP contribution in [0, 0.1) is 0 Å². The summed E-state index contributed by atoms with van der Waals surface area (Å²) in [4.78, 5) is 2.52. The highest BCUT2D eigenvalue weighted by Gasteiger charge is 2.30. The van der Waals surface area contributed by atoms with E-state index in [1.54, 1.807) is 13.2 Å². The number of benzene rings is 1. The summed E-state index contributed by atoms with van der Waals surface area (Å²) < 4.78 is 5.14. The van der Waals surface area contributed by atoms with Crippen molar-refractivity contribution in [1.29, 1.82) is 0 Å². The number of aromatic hydroxyl groups is 1. The summed E-state index contributed by atoms with van der Waals surface area (Å²) in [5.74, 6) is 1.03. The third-order valence-electron chi connectivity index (χ3n) is 4.40. The fraction of sp³-hybridized carbons (Fsp3) is 0.625. The molecule has 1 saturated heterocycles. The van der Waals surface area contributed by atoms with Crippen molar-refractivity contribution in [3.05, 3.63) is 23.8 Å². The van der Waals surface area contributed by atoms with E-state index in [0.717, 1.165) is 5.56 Å². The van der Waals surface area contributed by atoms with Crippen molar-refractivity contribution < 1.29 is 9.84 Å². The lowest BCUT2D eigenvalue weighted by molar-refractivity contribution is 0.0612. The highest BCUT2D eigenvalue weighted by atomic mass is 16.5. The molecule has 0 radical (unpaired) electrons. The van der Waals surface area contributed by atoms with Gasteiger partial charge in [0.1, 0.15) is 11.5 Å². The predicted octanol–water partition coefficient (Wildman–Crippen LogP) is 3.72. The number of methoxy groups -OCH3 is 1. The molecule has 0 amide bonds. The lowest BCUT2D eigenvalue weighted by atomic mass is 9.93. The van der Waals surface area contributed by atoms with Gasteiger partial charge in [-0.15, -0.1) is 0 Å². The predicted molar refractivity (Wildman–Crippen MR) is 77.7 cm³/mol. The van der Waals surface area contributed by atoms with Crippen LogP contribution in [0.15, 0.2) is 18.2 Å². The average molecular weight is 263 g/mol. The Morgan fingerprint density at radius 2 is 1.89 bits per heavy atom. The van der Waals surface area contributed by atoms with Crippen LogP contribution >= 0.6 is 0 Å². The van der Waals surface area contributed by atoms with Gasteiger partial charge in [-0.1, -0.05) is 12.5 Å². The number of hydrogen-bond donors (Lipinski definition) is 1. The molecular weight excluding hydrogens is 238 g/mol. The quantitative estimate of drug-likeness (QED) is 0.902. The van der Waals surface area contributed by atoms with E-state index >= 15 is 0 Å². The summed E-state index contributed by atoms with van der Waals surface area (Å²) in [7, 11) is 1.62. The van der Waals surface area contributed by atoms with Crippen LogP contribution in [-0.2, 0) is 0 Å². The molecule has 0 bridgehead atoms. The van der Waals surface area contributed by atoms with Crippen LogP contribution in [0.1, 0.15) is 51.6 Å². The number of nitrogens with zero attached hydrogens (tertiary/aromatic N) is 1. The van der Waals surface area contributed by atoms with Gasteiger partial charge in [0.05, 0.1) is 7.11 Å². The van der Waals surface area contributed by atoms with Crippen LogP contribution in [0.3, 0.4) is 0 Å². The van der Waals surface area contributed by atoms with Crippen LogP contribution in [0.25, 0.3) is 0 Å². The highest BCUT2D eigenvalue weighted by Crippen LogP contribution is 2.36. The Hall–Kier alpha value is -1.22. The van der Waals surface area contributed by atoms with E-state index in [1.165, 1.54) is 19.3 Å². The molecular formula is C16H25NO2. The molecule has 1 unspecified atom stereocenters. The van der Waals surface area contributed by atoms with Crippen molar-refractivity contribution in [2.24, 2.45) is 0 Å². The van der Waals surface area contributed by atoms with Gasteiger partial charge in [0.15, 0.2) is 0 Å². The van der Waals surface area contributed by atoms with E-state index in [9.17, 15) is 5.11 Å². The molecule has 1 heterocycles. The molecule has 1 aromatic carbocycles. The minimum absolute atomic E-state index is 0.233. The minimum atomic E-state index is 0.233. The summed E-state index contributed by atoms with van der Waals surface area (Å²) in [5.41, 5.74) is 0.987. The number of likely N-dealkylation sites (tertiary alicyclic amines) is 1. The summed E-state index contributed by atoms with van der Waals surface area (Å²) >= 11 is 0. The normalized spacial score (nSPS) is 26.1. The fourth-order valence-electron chi connectivity index (χ4n) is 3.37. The van der Waals surface area contributed by atoms with Crippen molar-refractivity contribution in [3.8, 4) is 11.5 Å². The largest absolute Gasteiger partial charge is 0.507 e. The van der Waals surface area contributed by atoms with Gasteiger partial charge in [-0.05, 0) is 39.7 Å². The molecule has 106 valence electrons. The van der Waals surface area contributed by atoms with Crippen LogP contribution in [0.5, 0.6) is 11.5 Å². The third-order valence-corrected chi connectivity index (χ3v) is 4.40. The third kappa shape index (κ3) is 2.86. The van der Waals surface area contributed by atoms with E-state index in [2.05, 4.69) is 25.7 Å². The van der Waals surface area contributed by atoms with Gasteiger partial charge >= 0.3 is 0 Å². The van der Waals surface area contributed by atoms with E-state index in [1.807, 2.05) is 12.1 Å². The lowest BCUT2D eigenvalue weighted by Crippen LogP contribution is -2.45. The number of ether oxygens (including phenoxy) is 1. The summed E-state index contributed by atoms with van der Waals surface area (Å²) in [6.07, 6.45) is 3.79. The first-order chi connectivity index (χ1) is 9.04. The maximum absolute atomic E-state index is 10.2. The first-order valence-electron chi connectivity index (χ1n) is 7.19. The lowest BCUT2D eigenvalue weighted by Gasteiger charge is -2.43. The molecule has 0 saturated carbocycles. The molecule has 1 fully saturated rings. The summed E-state index contributed by atoms with van der Waals surface area (Å²) in [6.45, 7) is 6.75. The zero-order valence-electron chi connectivity index (χ0n) is 12.4. The highest BCUT2D eigenvalue weighted by molar-refractivity contribution is 5.41. The summed E-state index contributed by atoms with van der Waals surface area (Å²) in [6, 6.07) is 6.97. The Balaban J connectivity index is 2.25. The second-order valence-electron chi connectivity index (χ2n) is 5.68. The number of phenolic OH excluding ortho intramolecular Hbond substituents is 1. The molecule has 0 aromatic heterocycles. The van der Waals surface area contributed by atoms with Gasteiger partial charge in [-0.3, -0.25) is 4.90 Å². The Kier molecular flexibility index (Phi) is 4.35. The van der Waals surface area contributed by atoms with Crippen LogP contribution in [-0.4, -0.2) is 29.2 Å². The monoisotopic (exact) mass is 263 g/mol.